The highest BCUT2D eigenvalue weighted by molar-refractivity contribution is 5.93. The van der Waals surface area contributed by atoms with Crippen LogP contribution in [0.2, 0.25) is 0 Å². The van der Waals surface area contributed by atoms with Gasteiger partial charge in [-0.05, 0) is 44.0 Å². The van der Waals surface area contributed by atoms with Crippen molar-refractivity contribution in [3.8, 4) is 5.75 Å². The van der Waals surface area contributed by atoms with Gasteiger partial charge in [-0.2, -0.15) is 5.10 Å². The van der Waals surface area contributed by atoms with Crippen molar-refractivity contribution in [1.29, 1.82) is 0 Å². The monoisotopic (exact) mass is 338 g/mol. The summed E-state index contributed by atoms with van der Waals surface area (Å²) in [7, 11) is 1.85. The van der Waals surface area contributed by atoms with Crippen molar-refractivity contribution in [3.05, 3.63) is 47.3 Å². The largest absolute Gasteiger partial charge is 0.493 e. The van der Waals surface area contributed by atoms with Crippen LogP contribution >= 0.6 is 0 Å². The van der Waals surface area contributed by atoms with Crippen LogP contribution in [0.15, 0.2) is 30.5 Å². The molecule has 3 aromatic rings. The van der Waals surface area contributed by atoms with Gasteiger partial charge in [0, 0.05) is 12.4 Å². The fourth-order valence-corrected chi connectivity index (χ4v) is 2.73. The normalized spacial score (nSPS) is 10.9. The number of carbonyl (C=O) groups is 1. The molecule has 0 unspecified atom stereocenters. The molecule has 0 aliphatic heterocycles. The number of nitrogens with one attached hydrogen (secondary N) is 1. The molecule has 0 radical (unpaired) electrons. The first-order chi connectivity index (χ1) is 12.0. The topological polar surface area (TPSA) is 69.0 Å². The van der Waals surface area contributed by atoms with Crippen molar-refractivity contribution >= 4 is 22.6 Å². The van der Waals surface area contributed by atoms with Crippen molar-refractivity contribution in [2.75, 3.05) is 11.9 Å². The van der Waals surface area contributed by atoms with E-state index in [0.29, 0.717) is 12.3 Å². The lowest BCUT2D eigenvalue weighted by Crippen LogP contribution is -2.15. The molecule has 0 aliphatic carbocycles. The van der Waals surface area contributed by atoms with Crippen LogP contribution in [0.1, 0.15) is 23.2 Å². The maximum absolute atomic E-state index is 12.1. The van der Waals surface area contributed by atoms with Gasteiger partial charge in [-0.1, -0.05) is 12.1 Å². The van der Waals surface area contributed by atoms with Gasteiger partial charge in [-0.3, -0.25) is 9.48 Å². The summed E-state index contributed by atoms with van der Waals surface area (Å²) in [6, 6.07) is 7.81. The van der Waals surface area contributed by atoms with Crippen LogP contribution in [0.5, 0.6) is 5.75 Å². The molecule has 6 heteroatoms. The van der Waals surface area contributed by atoms with Crippen LogP contribution in [0.3, 0.4) is 0 Å². The Morgan fingerprint density at radius 2 is 2.08 bits per heavy atom. The van der Waals surface area contributed by atoms with Crippen LogP contribution in [-0.4, -0.2) is 27.3 Å². The second-order valence-electron chi connectivity index (χ2n) is 6.15. The van der Waals surface area contributed by atoms with E-state index in [2.05, 4.69) is 15.4 Å². The molecular formula is C19H22N4O2. The highest BCUT2D eigenvalue weighted by Gasteiger charge is 2.09. The zero-order valence-electron chi connectivity index (χ0n) is 15.0. The first-order valence-corrected chi connectivity index (χ1v) is 8.24. The Morgan fingerprint density at radius 1 is 1.28 bits per heavy atom. The SMILES string of the molecule is Cc1cccc(OCCC(=O)Nc2cnc3c(c2)c(C)nn3C)c1C. The molecule has 130 valence electrons. The van der Waals surface area contributed by atoms with Crippen molar-refractivity contribution in [2.24, 2.45) is 7.05 Å². The Hall–Kier alpha value is -2.89. The number of aryl methyl sites for hydroxylation is 3. The predicted molar refractivity (Wildman–Crippen MR) is 97.9 cm³/mol. The molecule has 6 nitrogen and oxygen atoms in total. The number of hydrogen-bond donors (Lipinski definition) is 1. The van der Waals surface area contributed by atoms with Gasteiger partial charge in [0.2, 0.25) is 5.91 Å². The van der Waals surface area contributed by atoms with E-state index >= 15 is 0 Å². The number of ether oxygens (including phenoxy) is 1. The van der Waals surface area contributed by atoms with Crippen LogP contribution in [-0.2, 0) is 11.8 Å². The van der Waals surface area contributed by atoms with Gasteiger partial charge in [-0.25, -0.2) is 4.98 Å². The smallest absolute Gasteiger partial charge is 0.227 e. The van der Waals surface area contributed by atoms with Gasteiger partial charge in [-0.15, -0.1) is 0 Å². The van der Waals surface area contributed by atoms with Gasteiger partial charge >= 0.3 is 0 Å². The van der Waals surface area contributed by atoms with Crippen LogP contribution in [0, 0.1) is 20.8 Å². The lowest BCUT2D eigenvalue weighted by Gasteiger charge is -2.11. The van der Waals surface area contributed by atoms with Crippen molar-refractivity contribution in [1.82, 2.24) is 14.8 Å². The molecule has 2 aromatic heterocycles. The molecule has 0 saturated carbocycles. The van der Waals surface area contributed by atoms with Gasteiger partial charge in [0.1, 0.15) is 5.75 Å². The van der Waals surface area contributed by atoms with E-state index in [1.54, 1.807) is 10.9 Å². The Bertz CT molecular complexity index is 931. The number of anilines is 1. The lowest BCUT2D eigenvalue weighted by atomic mass is 10.1. The maximum Gasteiger partial charge on any atom is 0.227 e. The summed E-state index contributed by atoms with van der Waals surface area (Å²) in [5.74, 6) is 0.717. The van der Waals surface area contributed by atoms with Gasteiger partial charge in [0.05, 0.1) is 30.6 Å². The average Bonchev–Trinajstić information content (AvgIpc) is 2.85. The van der Waals surface area contributed by atoms with E-state index in [9.17, 15) is 4.79 Å². The quantitative estimate of drug-likeness (QED) is 0.775. The lowest BCUT2D eigenvalue weighted by molar-refractivity contribution is -0.116. The summed E-state index contributed by atoms with van der Waals surface area (Å²) in [5.41, 5.74) is 4.63. The number of benzene rings is 1. The van der Waals surface area contributed by atoms with E-state index in [0.717, 1.165) is 28.0 Å². The molecule has 0 atom stereocenters. The van der Waals surface area contributed by atoms with E-state index < -0.39 is 0 Å². The molecule has 1 aromatic carbocycles. The van der Waals surface area contributed by atoms with Crippen molar-refractivity contribution in [2.45, 2.75) is 27.2 Å². The molecular weight excluding hydrogens is 316 g/mol. The minimum Gasteiger partial charge on any atom is -0.493 e. The second-order valence-corrected chi connectivity index (χ2v) is 6.15. The summed E-state index contributed by atoms with van der Waals surface area (Å²) in [6.45, 7) is 6.31. The Kier molecular flexibility index (Phi) is 4.70. The fourth-order valence-electron chi connectivity index (χ4n) is 2.73. The Morgan fingerprint density at radius 3 is 2.88 bits per heavy atom. The van der Waals surface area contributed by atoms with Crippen molar-refractivity contribution < 1.29 is 9.53 Å². The van der Waals surface area contributed by atoms with E-state index in [1.165, 1.54) is 5.56 Å². The van der Waals surface area contributed by atoms with Crippen LogP contribution in [0.25, 0.3) is 11.0 Å². The standard InChI is InChI=1S/C19H22N4O2/c1-12-6-5-7-17(13(12)2)25-9-8-18(24)21-15-10-16-14(3)22-23(4)19(16)20-11-15/h5-7,10-11H,8-9H2,1-4H3,(H,21,24). The molecule has 3 rings (SSSR count). The fraction of sp³-hybridized carbons (Fsp3) is 0.316. The number of carbonyl (C=O) groups excluding carboxylic acids is 1. The van der Waals surface area contributed by atoms with E-state index in [-0.39, 0.29) is 12.3 Å². The Labute approximate surface area is 146 Å². The third kappa shape index (κ3) is 3.63. The number of pyridine rings is 1. The number of hydrogen-bond acceptors (Lipinski definition) is 4. The molecule has 0 aliphatic rings. The molecule has 1 amide bonds. The summed E-state index contributed by atoms with van der Waals surface area (Å²) >= 11 is 0. The molecule has 1 N–H and O–H groups in total. The van der Waals surface area contributed by atoms with Gasteiger partial charge in [0.15, 0.2) is 5.65 Å². The number of amides is 1. The zero-order valence-corrected chi connectivity index (χ0v) is 15.0. The first-order valence-electron chi connectivity index (χ1n) is 8.24. The molecule has 0 spiro atoms. The number of nitrogens with zero attached hydrogens (tertiary/aromatic N) is 3. The molecule has 0 saturated heterocycles. The van der Waals surface area contributed by atoms with E-state index in [1.807, 2.05) is 52.1 Å². The maximum atomic E-state index is 12.1. The molecule has 0 fully saturated rings. The molecule has 0 bridgehead atoms. The van der Waals surface area contributed by atoms with Crippen LogP contribution in [0.4, 0.5) is 5.69 Å². The zero-order chi connectivity index (χ0) is 18.0. The number of rotatable bonds is 5. The molecule has 25 heavy (non-hydrogen) atoms. The first kappa shape index (κ1) is 17.0. The number of fused-ring (bicyclic) bond motifs is 1. The van der Waals surface area contributed by atoms with Gasteiger partial charge < -0.3 is 10.1 Å². The predicted octanol–water partition coefficient (Wildman–Crippen LogP) is 3.30. The molecule has 2 heterocycles. The van der Waals surface area contributed by atoms with Gasteiger partial charge in [0.25, 0.3) is 0 Å². The minimum atomic E-state index is -0.104. The summed E-state index contributed by atoms with van der Waals surface area (Å²) in [4.78, 5) is 16.5. The number of aromatic nitrogens is 3. The minimum absolute atomic E-state index is 0.104. The van der Waals surface area contributed by atoms with E-state index in [4.69, 9.17) is 4.74 Å². The third-order valence-electron chi connectivity index (χ3n) is 4.29. The summed E-state index contributed by atoms with van der Waals surface area (Å²) in [6.07, 6.45) is 1.92. The highest BCUT2D eigenvalue weighted by Crippen LogP contribution is 2.21. The third-order valence-corrected chi connectivity index (χ3v) is 4.29. The Balaban J connectivity index is 1.59. The van der Waals surface area contributed by atoms with Crippen molar-refractivity contribution in [3.63, 3.8) is 0 Å². The van der Waals surface area contributed by atoms with Crippen LogP contribution < -0.4 is 10.1 Å². The second kappa shape index (κ2) is 6.93. The summed E-state index contributed by atoms with van der Waals surface area (Å²) < 4.78 is 7.46. The average molecular weight is 338 g/mol. The highest BCUT2D eigenvalue weighted by atomic mass is 16.5. The summed E-state index contributed by atoms with van der Waals surface area (Å²) in [5, 5.41) is 8.13.